The van der Waals surface area contributed by atoms with Crippen LogP contribution in [0.2, 0.25) is 0 Å². The number of oxime groups is 1. The zero-order valence-electron chi connectivity index (χ0n) is 49.6. The summed E-state index contributed by atoms with van der Waals surface area (Å²) in [5, 5.41) is 37.1. The maximum atomic E-state index is 14.0. The Kier molecular flexibility index (Phi) is 18.4. The van der Waals surface area contributed by atoms with Crippen LogP contribution in [0.3, 0.4) is 0 Å². The number of aromatic nitrogens is 12. The Morgan fingerprint density at radius 1 is 0.784 bits per heavy atom. The quantitative estimate of drug-likeness (QED) is 0.0205. The van der Waals surface area contributed by atoms with Gasteiger partial charge >= 0.3 is 5.97 Å². The van der Waals surface area contributed by atoms with E-state index < -0.39 is 35.6 Å². The third-order valence-corrected chi connectivity index (χ3v) is 15.5. The molecule has 5 amide bonds. The van der Waals surface area contributed by atoms with E-state index in [-0.39, 0.29) is 67.6 Å². The minimum atomic E-state index is -1.07. The summed E-state index contributed by atoms with van der Waals surface area (Å²) in [4.78, 5) is 101. The lowest BCUT2D eigenvalue weighted by Crippen LogP contribution is -2.41. The van der Waals surface area contributed by atoms with Gasteiger partial charge in [0.2, 0.25) is 23.7 Å². The minimum absolute atomic E-state index is 0.133. The fraction of sp³-hybridized carbons (Fsp3) is 0.390. The summed E-state index contributed by atoms with van der Waals surface area (Å²) in [5.41, 5.74) is 23.1. The molecule has 0 radical (unpaired) electrons. The van der Waals surface area contributed by atoms with Crippen LogP contribution < -0.4 is 32.6 Å². The average molecular weight is 1200 g/mol. The first-order valence-electron chi connectivity index (χ1n) is 29.0. The molecule has 29 nitrogen and oxygen atoms in total. The molecule has 1 saturated heterocycles. The number of nitrogens with one attached hydrogen (secondary N) is 2. The second kappa shape index (κ2) is 26.6. The molecule has 0 bridgehead atoms. The Hall–Kier alpha value is -10.2. The number of rotatable bonds is 25. The predicted octanol–water partition coefficient (Wildman–Crippen LogP) is 3.77. The lowest BCUT2D eigenvalue weighted by molar-refractivity contribution is -0.139. The normalized spacial score (nSPS) is 14.4. The number of pyridine rings is 1. The number of carbonyl (C=O) groups excluding carboxylic acids is 5. The molecule has 29 heteroatoms. The number of ether oxygens (including phenoxy) is 1. The molecule has 2 aromatic carbocycles. The number of carbonyl (C=O) groups is 6. The molecule has 2 aliphatic rings. The maximum absolute atomic E-state index is 14.0. The number of piperidine rings is 1. The summed E-state index contributed by atoms with van der Waals surface area (Å²) >= 11 is 0. The second-order valence-corrected chi connectivity index (χ2v) is 21.6. The Bertz CT molecular complexity index is 4010. The molecule has 460 valence electrons. The Balaban J connectivity index is 0.791. The maximum Gasteiger partial charge on any atom is 0.320 e. The van der Waals surface area contributed by atoms with E-state index in [0.29, 0.717) is 101 Å². The highest BCUT2D eigenvalue weighted by Gasteiger charge is 2.31. The van der Waals surface area contributed by atoms with Gasteiger partial charge in [-0.1, -0.05) is 41.6 Å². The third kappa shape index (κ3) is 13.6. The molecule has 88 heavy (non-hydrogen) atoms. The molecular formula is C59H70N20O9. The van der Waals surface area contributed by atoms with Crippen molar-refractivity contribution in [2.24, 2.45) is 22.4 Å². The van der Waals surface area contributed by atoms with Crippen molar-refractivity contribution >= 4 is 75.3 Å². The van der Waals surface area contributed by atoms with Crippen LogP contribution in [0, 0.1) is 13.8 Å². The number of aliphatic carboxylic acids is 1. The van der Waals surface area contributed by atoms with Crippen LogP contribution in [0.4, 0.5) is 11.9 Å². The monoisotopic (exact) mass is 1200 g/mol. The molecule has 1 unspecified atom stereocenters. The highest BCUT2D eigenvalue weighted by molar-refractivity contribution is 6.05. The number of nitrogens with two attached hydrogens (primary N) is 3. The fourth-order valence-corrected chi connectivity index (χ4v) is 10.9. The summed E-state index contributed by atoms with van der Waals surface area (Å²) < 4.78 is 15.3. The number of benzene rings is 2. The van der Waals surface area contributed by atoms with E-state index in [9.17, 15) is 28.8 Å². The number of imidazole rings is 2. The third-order valence-electron chi connectivity index (χ3n) is 15.5. The zero-order chi connectivity index (χ0) is 62.3. The fourth-order valence-electron chi connectivity index (χ4n) is 10.9. The summed E-state index contributed by atoms with van der Waals surface area (Å²) in [6.45, 7) is 14.0. The summed E-state index contributed by atoms with van der Waals surface area (Å²) in [6.07, 6.45) is 7.57. The van der Waals surface area contributed by atoms with Crippen molar-refractivity contribution < 1.29 is 43.4 Å². The van der Waals surface area contributed by atoms with Crippen LogP contribution in [-0.4, -0.2) is 160 Å². The molecule has 8 heterocycles. The minimum Gasteiger partial charge on any atom is -0.491 e. The van der Waals surface area contributed by atoms with Crippen LogP contribution in [0.5, 0.6) is 5.75 Å². The van der Waals surface area contributed by atoms with Gasteiger partial charge in [0.25, 0.3) is 17.7 Å². The molecule has 10 rings (SSSR count). The van der Waals surface area contributed by atoms with Gasteiger partial charge < -0.3 is 50.8 Å². The largest absolute Gasteiger partial charge is 0.491 e. The highest BCUT2D eigenvalue weighted by atomic mass is 16.6. The van der Waals surface area contributed by atoms with E-state index in [1.54, 1.807) is 92.7 Å². The van der Waals surface area contributed by atoms with Crippen LogP contribution >= 0.6 is 0 Å². The Morgan fingerprint density at radius 2 is 1.41 bits per heavy atom. The molecule has 2 aliphatic heterocycles. The van der Waals surface area contributed by atoms with Crippen molar-refractivity contribution in [3.8, 4) is 5.75 Å². The van der Waals surface area contributed by atoms with Crippen LogP contribution in [0.1, 0.15) is 122 Å². The second-order valence-electron chi connectivity index (χ2n) is 21.6. The number of nitrogens with zero attached hydrogens (tertiary/aromatic N) is 15. The number of anilines is 2. The molecular weight excluding hydrogens is 1130 g/mol. The molecule has 6 aromatic heterocycles. The Labute approximate surface area is 504 Å². The summed E-state index contributed by atoms with van der Waals surface area (Å²) in [6, 6.07) is 14.2. The topological polar surface area (TPSA) is 377 Å². The van der Waals surface area contributed by atoms with Gasteiger partial charge in [-0.25, -0.2) is 15.0 Å². The molecule has 0 spiro atoms. The van der Waals surface area contributed by atoms with Crippen LogP contribution in [0.25, 0.3) is 22.2 Å². The molecule has 1 atom stereocenters. The number of primary amides is 2. The lowest BCUT2D eigenvalue weighted by atomic mass is 9.95. The average Bonchev–Trinajstić information content (AvgIpc) is 2.20. The van der Waals surface area contributed by atoms with Gasteiger partial charge in [0, 0.05) is 63.5 Å². The number of fused-ring (bicyclic) bond motifs is 3. The smallest absolute Gasteiger partial charge is 0.320 e. The number of carboxylic acids is 1. The molecule has 0 aliphatic carbocycles. The lowest BCUT2D eigenvalue weighted by Gasteiger charge is -2.33. The molecule has 8 aromatic rings. The van der Waals surface area contributed by atoms with Gasteiger partial charge in [-0.2, -0.15) is 10.2 Å². The summed E-state index contributed by atoms with van der Waals surface area (Å²) in [5.74, 6) is -1.11. The van der Waals surface area contributed by atoms with Gasteiger partial charge in [-0.15, -0.1) is 10.2 Å². The summed E-state index contributed by atoms with van der Waals surface area (Å²) in [7, 11) is 0. The van der Waals surface area contributed by atoms with Gasteiger partial charge in [0.15, 0.2) is 18.1 Å². The number of allylic oxidation sites excluding steroid dienone is 2. The predicted molar refractivity (Wildman–Crippen MR) is 323 cm³/mol. The number of hydrogen-bond acceptors (Lipinski definition) is 18. The molecule has 0 saturated carbocycles. The first-order chi connectivity index (χ1) is 42.3. The first-order valence-corrected chi connectivity index (χ1v) is 29.0. The first kappa shape index (κ1) is 60.9. The zero-order valence-corrected chi connectivity index (χ0v) is 49.6. The van der Waals surface area contributed by atoms with Crippen molar-refractivity contribution in [3.05, 3.63) is 130 Å². The van der Waals surface area contributed by atoms with Crippen molar-refractivity contribution in [2.75, 3.05) is 50.0 Å². The van der Waals surface area contributed by atoms with Gasteiger partial charge in [-0.3, -0.25) is 53.3 Å². The van der Waals surface area contributed by atoms with Crippen LogP contribution in [0.15, 0.2) is 78.1 Å². The number of amides is 5. The number of likely N-dealkylation sites (tertiary alicyclic amines) is 1. The number of carboxylic acid groups (broad SMARTS) is 1. The van der Waals surface area contributed by atoms with Crippen LogP contribution in [-0.2, 0) is 60.1 Å². The van der Waals surface area contributed by atoms with Crippen molar-refractivity contribution in [2.45, 2.75) is 112 Å². The van der Waals surface area contributed by atoms with Gasteiger partial charge in [0.1, 0.15) is 40.0 Å². The number of hydrogen-bond donors (Lipinski definition) is 6. The van der Waals surface area contributed by atoms with Gasteiger partial charge in [0.05, 0.1) is 41.3 Å². The number of aryl methyl sites for hydroxylation is 4. The van der Waals surface area contributed by atoms with E-state index >= 15 is 0 Å². The van der Waals surface area contributed by atoms with E-state index in [0.717, 1.165) is 49.4 Å². The molecule has 9 N–H and O–H groups in total. The van der Waals surface area contributed by atoms with Gasteiger partial charge in [-0.05, 0) is 115 Å². The standard InChI is InChI=1S/C59H70N20O9/c1-6-78-45(25-34(3)70-78)55(83)66-58-64-43-28-40(51(61)81)30-47(50(43)76(58)18-8-9-19-77-54-44(29-41(31-63-54)52(62)82)65-59(77)67-56(84)46-26-35(4)71-79(46)7-2)87-24-10-17-73-20-15-39(16-21-73)53-69-68-48-32-74(22-23-75(48)53)49(80)33-88-72-36(5)38-13-11-37(12-14-38)27-42(60)57(85)86/h8-9,11-14,25-26,28-31,39,42H,6-7,10,15-24,27,32-33,60H2,1-5H3,(H2,61,81)(H2,62,82)(H,85,86)(H,64,66,83)(H,65,67,84)/b9-8+,72-36?. The van der Waals surface area contributed by atoms with E-state index in [1.807, 2.05) is 26.0 Å². The highest BCUT2D eigenvalue weighted by Crippen LogP contribution is 2.33. The van der Waals surface area contributed by atoms with Crippen molar-refractivity contribution in [1.82, 2.24) is 68.2 Å². The van der Waals surface area contributed by atoms with Crippen molar-refractivity contribution in [3.63, 3.8) is 0 Å². The Morgan fingerprint density at radius 3 is 2.05 bits per heavy atom. The SMILES string of the molecule is CCn1nc(C)cc1C(=O)Nc1nc2cc(C(N)=O)cnc2n1C/C=C/Cn1c(NC(=O)c2cc(C)nn2CC)nc2cc(C(N)=O)cc(OCCCN3CCC(c4nnc5n4CCN(C(=O)CON=C(C)c4ccc(CC(N)C(=O)O)cc4)C5)CC3)c21. The van der Waals surface area contributed by atoms with Crippen molar-refractivity contribution in [1.29, 1.82) is 0 Å². The van der Waals surface area contributed by atoms with E-state index in [1.165, 1.54) is 12.3 Å². The van der Waals surface area contributed by atoms with E-state index in [2.05, 4.69) is 55.6 Å². The molecule has 1 fully saturated rings. The van der Waals surface area contributed by atoms with E-state index in [4.69, 9.17) is 36.9 Å².